The molecule has 0 radical (unpaired) electrons. The summed E-state index contributed by atoms with van der Waals surface area (Å²) in [6, 6.07) is 27.8. The van der Waals surface area contributed by atoms with Crippen LogP contribution >= 0.6 is 81.2 Å². The van der Waals surface area contributed by atoms with Gasteiger partial charge in [0, 0.05) is 163 Å². The Kier molecular flexibility index (Phi) is 33.1. The van der Waals surface area contributed by atoms with E-state index in [2.05, 4.69) is 45.1 Å². The monoisotopic (exact) mass is 2060 g/mol. The van der Waals surface area contributed by atoms with Crippen molar-refractivity contribution in [3.05, 3.63) is 240 Å². The molecule has 4 fully saturated rings. The van der Waals surface area contributed by atoms with E-state index >= 15 is 0 Å². The van der Waals surface area contributed by atoms with Gasteiger partial charge in [0.15, 0.2) is 5.65 Å². The number of aliphatic imine (C=N–C) groups is 1. The van der Waals surface area contributed by atoms with Crippen molar-refractivity contribution in [2.75, 3.05) is 105 Å². The van der Waals surface area contributed by atoms with Crippen LogP contribution in [0.4, 0.5) is 11.9 Å². The average Bonchev–Trinajstić information content (AvgIpc) is 1.69. The molecule has 9 aliphatic rings. The number of azo groups is 1. The first kappa shape index (κ1) is 104. The number of hydrogen-bond acceptors (Lipinski definition) is 30. The summed E-state index contributed by atoms with van der Waals surface area (Å²) >= 11 is 43.3. The second-order valence-corrected chi connectivity index (χ2v) is 37.5. The molecule has 0 unspecified atom stereocenters. The maximum absolute atomic E-state index is 14.0. The number of carbonyl (C=O) groups is 8. The van der Waals surface area contributed by atoms with Crippen molar-refractivity contribution < 1.29 is 62.0 Å². The van der Waals surface area contributed by atoms with Gasteiger partial charge >= 0.3 is 0 Å². The first-order valence-corrected chi connectivity index (χ1v) is 47.3. The van der Waals surface area contributed by atoms with Gasteiger partial charge in [-0.3, -0.25) is 91.0 Å². The maximum Gasteiger partial charge on any atom is 0.266 e. The second kappa shape index (κ2) is 44.7. The lowest BCUT2D eigenvalue weighted by molar-refractivity contribution is -0.142. The van der Waals surface area contributed by atoms with Gasteiger partial charge in [-0.1, -0.05) is 118 Å². The van der Waals surface area contributed by atoms with Gasteiger partial charge in [-0.05, 0) is 116 Å². The summed E-state index contributed by atoms with van der Waals surface area (Å²) in [5, 5.41) is 19.2. The molecule has 2 spiro atoms. The van der Waals surface area contributed by atoms with Crippen molar-refractivity contribution in [3.8, 4) is 39.8 Å². The normalized spacial score (nSPS) is 19.1. The van der Waals surface area contributed by atoms with E-state index in [0.717, 1.165) is 105 Å². The minimum atomic E-state index is -0.420. The van der Waals surface area contributed by atoms with Gasteiger partial charge in [-0.25, -0.2) is 19.9 Å². The van der Waals surface area contributed by atoms with E-state index in [1.807, 2.05) is 86.6 Å². The lowest BCUT2D eigenvalue weighted by atomic mass is 9.73. The minimum Gasteiger partial charge on any atom is -0.497 e. The molecule has 38 nitrogen and oxygen atoms in total. The third kappa shape index (κ3) is 22.5. The molecule has 4 saturated heterocycles. The number of methoxy groups -OCH3 is 3. The molecule has 141 heavy (non-hydrogen) atoms. The molecule has 740 valence electrons. The molecule has 6 N–H and O–H groups in total. The summed E-state index contributed by atoms with van der Waals surface area (Å²) in [4.78, 5) is 154. The van der Waals surface area contributed by atoms with E-state index in [9.17, 15) is 47.9 Å². The van der Waals surface area contributed by atoms with Crippen LogP contribution in [0.1, 0.15) is 108 Å². The SMILES string of the molecule is CN1C(=O)C=C(CN)CC1=O.CN1C(=O)C=C(Cl)CC1=O.COc1ccc(CN=NC2=CC(=O)N(C)C(=O)C2)cc1.COc1ccc(Cn2nc3c(c2-c2ccnc(Cl)c2Cl)C(=O)N(C)C(=O)C3)cc1.COc1ccc(Cn2nc3nc(N4CCC5(CC4)CO[C@@H](C)[C@H]5N)n(C)c(=O)c3c2-c2ccnc(Cl)c2Cl)cc1.C[C@@H]1OCC2(CCN(c3nc4c(c(=O)n3C)C(c3ccnc(Cl)c3Cl)=NC4)CC2)[C@@H]1N. The fourth-order valence-corrected chi connectivity index (χ4v) is 18.7. The molecule has 0 aliphatic carbocycles. The molecular weight excluding hydrogens is 1960 g/mol. The summed E-state index contributed by atoms with van der Waals surface area (Å²) in [6.07, 6.45) is 12.9. The van der Waals surface area contributed by atoms with E-state index in [-0.39, 0.29) is 150 Å². The van der Waals surface area contributed by atoms with Gasteiger partial charge in [0.25, 0.3) is 34.7 Å². The summed E-state index contributed by atoms with van der Waals surface area (Å²) < 4.78 is 33.9. The van der Waals surface area contributed by atoms with Gasteiger partial charge in [0.1, 0.15) is 38.1 Å². The molecular formula is C96H102Cl7N23O15. The second-order valence-electron chi connectivity index (χ2n) is 34.8. The number of carbonyl (C=O) groups excluding carboxylic acids is 8. The number of fused-ring (bicyclic) bond motifs is 3. The maximum atomic E-state index is 14.0. The lowest BCUT2D eigenvalue weighted by Gasteiger charge is -2.41. The lowest BCUT2D eigenvalue weighted by Crippen LogP contribution is -2.51. The summed E-state index contributed by atoms with van der Waals surface area (Å²) in [7, 11) is 14.1. The Morgan fingerprint density at radius 1 is 0.475 bits per heavy atom. The zero-order valence-electron chi connectivity index (χ0n) is 78.8. The van der Waals surface area contributed by atoms with E-state index in [0.29, 0.717) is 135 Å². The standard InChI is InChI=1S/C28H31Cl2N7O3.C21H24Cl2N6O2.C20H16Cl2N4O3.C14H15N3O3.C7H10N2O2.C6H6ClNO2/c1-16-23(31)28(15-40-16)9-12-36(13-10-28)27-33-25-20(26(38)35(27)2)22(19-8-11-32-24(30)21(19)29)37(34-25)14-17-4-6-18(39-3)7-5-17;1-11-17(24)21(10-31-11)4-7-29(8-5-21)20-27-13-9-26-16(14(13)19(30)28(20)2)12-3-6-25-18(23)15(12)22;1-25-15(27)9-14-16(20(25)28)18(13-7-8-23-19(22)17(13)21)26(24-14)10-11-3-5-12(29-2)6-4-11;1-17-13(18)7-11(8-14(17)19)16-15-9-10-3-5-12(20-2)6-4-10;1-9-6(10)2-5(4-8)3-7(9)11;1-8-5(9)2-4(7)3-6(8)10/h4-8,11,16,23H,9-10,12-15,31H2,1-3H3;3,6,11,17H,4-5,7-10,24H2,1-2H3;3-8H,9-10H2,1-2H3;3-7H,8-9H2,1-2H3;2H,3-4,8H2,1H3;2H,3H2,1H3/t16-,23+;11-,17+;;;;/m00..../s1. The molecule has 8 amide bonds. The quantitative estimate of drug-likeness (QED) is 0.0459. The smallest absolute Gasteiger partial charge is 0.266 e. The Morgan fingerprint density at radius 3 is 1.38 bits per heavy atom. The molecule has 0 saturated carbocycles. The van der Waals surface area contributed by atoms with E-state index in [1.54, 1.807) is 84.5 Å². The van der Waals surface area contributed by atoms with Crippen molar-refractivity contribution in [1.29, 1.82) is 0 Å². The zero-order valence-corrected chi connectivity index (χ0v) is 84.1. The number of pyridine rings is 3. The van der Waals surface area contributed by atoms with Crippen LogP contribution in [0.25, 0.3) is 33.5 Å². The molecule has 19 rings (SSSR count). The Bertz CT molecular complexity index is 6830. The number of anilines is 2. The first-order chi connectivity index (χ1) is 67.3. The van der Waals surface area contributed by atoms with Crippen LogP contribution in [-0.2, 0) is 89.7 Å². The fraction of sp³-hybridized carbons (Fsp3) is 0.375. The van der Waals surface area contributed by atoms with Crippen molar-refractivity contribution in [2.45, 2.75) is 116 Å². The number of aromatic nitrogens is 11. The number of benzene rings is 3. The number of halogens is 7. The molecule has 0 bridgehead atoms. The van der Waals surface area contributed by atoms with Crippen molar-refractivity contribution >= 4 is 157 Å². The van der Waals surface area contributed by atoms with E-state index < -0.39 is 5.91 Å². The van der Waals surface area contributed by atoms with Crippen molar-refractivity contribution in [1.82, 2.24) is 73.2 Å². The summed E-state index contributed by atoms with van der Waals surface area (Å²) in [5.41, 5.74) is 27.4. The number of nitrogens with zero attached hydrogens (tertiary/aromatic N) is 20. The van der Waals surface area contributed by atoms with Crippen LogP contribution in [-0.4, -0.2) is 246 Å². The molecule has 3 aromatic carbocycles. The van der Waals surface area contributed by atoms with Crippen molar-refractivity contribution in [2.24, 2.45) is 57.3 Å². The van der Waals surface area contributed by atoms with Gasteiger partial charge in [-0.15, -0.1) is 0 Å². The van der Waals surface area contributed by atoms with Gasteiger partial charge in [0.05, 0.1) is 153 Å². The zero-order chi connectivity index (χ0) is 101. The Labute approximate surface area is 844 Å². The highest BCUT2D eigenvalue weighted by atomic mass is 35.5. The average molecular weight is 2070 g/mol. The predicted molar refractivity (Wildman–Crippen MR) is 532 cm³/mol. The number of hydrogen-bond donors (Lipinski definition) is 3. The van der Waals surface area contributed by atoms with Crippen LogP contribution in [0, 0.1) is 10.8 Å². The third-order valence-corrected chi connectivity index (χ3v) is 28.7. The number of rotatable bonds is 16. The third-order valence-electron chi connectivity index (χ3n) is 26.1. The van der Waals surface area contributed by atoms with Crippen LogP contribution < -0.4 is 52.3 Å². The fourth-order valence-electron chi connectivity index (χ4n) is 17.4. The van der Waals surface area contributed by atoms with Crippen LogP contribution in [0.3, 0.4) is 0 Å². The number of ether oxygens (including phenoxy) is 5. The van der Waals surface area contributed by atoms with E-state index in [1.165, 1.54) is 52.6 Å². The minimum absolute atomic E-state index is 0.00190. The number of amides is 8. The molecule has 4 atom stereocenters. The Balaban J connectivity index is 0.000000142. The number of nitrogens with two attached hydrogens (primary N) is 3. The van der Waals surface area contributed by atoms with Gasteiger partial charge in [0.2, 0.25) is 35.5 Å². The topological polar surface area (TPSA) is 461 Å². The number of likely N-dealkylation sites (N-methyl/N-ethyl adjacent to an activating group) is 4. The Morgan fingerprint density at radius 2 is 0.908 bits per heavy atom. The van der Waals surface area contributed by atoms with Crippen molar-refractivity contribution in [3.63, 3.8) is 0 Å². The van der Waals surface area contributed by atoms with E-state index in [4.69, 9.17) is 137 Å². The Hall–Kier alpha value is -12.6. The first-order valence-electron chi connectivity index (χ1n) is 44.6. The van der Waals surface area contributed by atoms with Crippen LogP contribution in [0.5, 0.6) is 17.2 Å². The molecule has 7 aromatic heterocycles. The highest BCUT2D eigenvalue weighted by Gasteiger charge is 2.50. The molecule has 45 heteroatoms. The largest absolute Gasteiger partial charge is 0.497 e. The number of imide groups is 4. The predicted octanol–water partition coefficient (Wildman–Crippen LogP) is 11.2. The number of piperidine rings is 2. The summed E-state index contributed by atoms with van der Waals surface area (Å²) in [6.45, 7) is 10.2. The highest BCUT2D eigenvalue weighted by molar-refractivity contribution is 6.45. The van der Waals surface area contributed by atoms with Gasteiger partial charge < -0.3 is 50.7 Å². The molecule has 10 aromatic rings. The van der Waals surface area contributed by atoms with Crippen LogP contribution in [0.15, 0.2) is 169 Å². The summed E-state index contributed by atoms with van der Waals surface area (Å²) in [5.74, 6) is 1.09. The molecule has 9 aliphatic heterocycles. The van der Waals surface area contributed by atoms with Gasteiger partial charge in [-0.2, -0.15) is 25.4 Å². The highest BCUT2D eigenvalue weighted by Crippen LogP contribution is 2.46. The molecule has 16 heterocycles. The van der Waals surface area contributed by atoms with Crippen LogP contribution in [0.2, 0.25) is 30.5 Å².